The molecule has 0 saturated heterocycles. The second-order valence-corrected chi connectivity index (χ2v) is 10.2. The molecule has 2 unspecified atom stereocenters. The zero-order valence-electron chi connectivity index (χ0n) is 21.2. The monoisotopic (exact) mass is 585 g/mol. The van der Waals surface area contributed by atoms with Crippen LogP contribution < -0.4 is 16.0 Å². The van der Waals surface area contributed by atoms with E-state index >= 15 is 0 Å². The number of amides is 3. The van der Waals surface area contributed by atoms with Crippen LogP contribution in [0.5, 0.6) is 0 Å². The number of halogens is 3. The zero-order chi connectivity index (χ0) is 28.8. The second-order valence-electron chi connectivity index (χ2n) is 9.43. The third-order valence-electron chi connectivity index (χ3n) is 6.65. The van der Waals surface area contributed by atoms with Gasteiger partial charge < -0.3 is 21.1 Å². The van der Waals surface area contributed by atoms with Crippen LogP contribution >= 0.6 is 23.2 Å². The Morgan fingerprint density at radius 1 is 0.975 bits per heavy atom. The molecule has 0 heterocycles. The van der Waals surface area contributed by atoms with E-state index in [1.807, 2.05) is 24.3 Å². The van der Waals surface area contributed by atoms with Crippen LogP contribution in [-0.4, -0.2) is 35.3 Å². The summed E-state index contributed by atoms with van der Waals surface area (Å²) in [4.78, 5) is 49.9. The highest BCUT2D eigenvalue weighted by Crippen LogP contribution is 2.31. The molecule has 4 N–H and O–H groups in total. The first-order chi connectivity index (χ1) is 19.1. The van der Waals surface area contributed by atoms with E-state index < -0.39 is 41.8 Å². The van der Waals surface area contributed by atoms with Crippen LogP contribution in [0.25, 0.3) is 0 Å². The fraction of sp³-hybridized carbons (Fsp3) is 0.241. The molecule has 3 aromatic carbocycles. The van der Waals surface area contributed by atoms with Gasteiger partial charge in [-0.25, -0.2) is 9.18 Å². The number of ketones is 1. The van der Waals surface area contributed by atoms with Crippen LogP contribution in [-0.2, 0) is 17.8 Å². The minimum absolute atomic E-state index is 0.0562. The number of aliphatic carboxylic acids is 1. The first-order valence-corrected chi connectivity index (χ1v) is 13.3. The number of hydrogen-bond donors (Lipinski definition) is 4. The topological polar surface area (TPSA) is 125 Å². The van der Waals surface area contributed by atoms with Gasteiger partial charge in [-0.2, -0.15) is 0 Å². The van der Waals surface area contributed by atoms with Gasteiger partial charge in [0.2, 0.25) is 0 Å². The Kier molecular flexibility index (Phi) is 9.39. The van der Waals surface area contributed by atoms with E-state index in [4.69, 9.17) is 23.2 Å². The van der Waals surface area contributed by atoms with Crippen LogP contribution in [0.4, 0.5) is 9.18 Å². The Morgan fingerprint density at radius 3 is 2.40 bits per heavy atom. The molecule has 208 valence electrons. The Bertz CT molecular complexity index is 1440. The maximum absolute atomic E-state index is 13.4. The second kappa shape index (κ2) is 12.9. The van der Waals surface area contributed by atoms with Crippen LogP contribution in [0.15, 0.2) is 60.7 Å². The minimum Gasteiger partial charge on any atom is -0.481 e. The molecule has 0 aromatic heterocycles. The molecule has 4 rings (SSSR count). The Hall–Kier alpha value is -3.95. The number of fused-ring (bicyclic) bond motifs is 1. The predicted octanol–water partition coefficient (Wildman–Crippen LogP) is 5.32. The summed E-state index contributed by atoms with van der Waals surface area (Å²) in [6.07, 6.45) is 1.10. The molecular weight excluding hydrogens is 560 g/mol. The highest BCUT2D eigenvalue weighted by atomic mass is 35.5. The molecule has 0 fully saturated rings. The van der Waals surface area contributed by atoms with E-state index in [0.717, 1.165) is 24.0 Å². The molecule has 3 amide bonds. The number of aryl methyl sites for hydroxylation is 1. The van der Waals surface area contributed by atoms with Crippen molar-refractivity contribution in [3.63, 3.8) is 0 Å². The molecule has 0 radical (unpaired) electrons. The summed E-state index contributed by atoms with van der Waals surface area (Å²) in [6.45, 7) is -0.238. The number of Topliss-reactive ketones (excluding diaryl/α,β-unsaturated/α-hetero) is 1. The largest absolute Gasteiger partial charge is 0.481 e. The average Bonchev–Trinajstić information content (AvgIpc) is 3.31. The SMILES string of the molecule is O=C(NCC(CC(=O)c1c(Cl)cc(C(=O)NCc2cccc(F)c2)cc1Cl)C(=O)O)NC1CCc2ccccc21. The van der Waals surface area contributed by atoms with Gasteiger partial charge in [-0.3, -0.25) is 14.4 Å². The lowest BCUT2D eigenvalue weighted by molar-refractivity contribution is -0.141. The quantitative estimate of drug-likeness (QED) is 0.240. The third-order valence-corrected chi connectivity index (χ3v) is 7.25. The van der Waals surface area contributed by atoms with Crippen LogP contribution in [0.1, 0.15) is 56.3 Å². The van der Waals surface area contributed by atoms with Gasteiger partial charge in [0.05, 0.1) is 27.6 Å². The van der Waals surface area contributed by atoms with Crippen molar-refractivity contribution in [3.8, 4) is 0 Å². The van der Waals surface area contributed by atoms with E-state index in [0.29, 0.717) is 5.56 Å². The molecule has 0 saturated carbocycles. The van der Waals surface area contributed by atoms with E-state index in [2.05, 4.69) is 16.0 Å². The molecule has 1 aliphatic carbocycles. The van der Waals surface area contributed by atoms with E-state index in [-0.39, 0.29) is 40.3 Å². The number of carboxylic acids is 1. The Labute approximate surface area is 239 Å². The first kappa shape index (κ1) is 29.0. The fourth-order valence-electron chi connectivity index (χ4n) is 4.61. The highest BCUT2D eigenvalue weighted by Gasteiger charge is 2.28. The molecule has 0 spiro atoms. The van der Waals surface area contributed by atoms with Crippen molar-refractivity contribution < 1.29 is 28.7 Å². The van der Waals surface area contributed by atoms with E-state index in [1.165, 1.54) is 30.3 Å². The van der Waals surface area contributed by atoms with E-state index in [9.17, 15) is 28.7 Å². The van der Waals surface area contributed by atoms with Crippen molar-refractivity contribution in [1.82, 2.24) is 16.0 Å². The van der Waals surface area contributed by atoms with Gasteiger partial charge in [0, 0.05) is 25.1 Å². The number of carbonyl (C=O) groups is 4. The lowest BCUT2D eigenvalue weighted by Gasteiger charge is -2.17. The predicted molar refractivity (Wildman–Crippen MR) is 148 cm³/mol. The number of carbonyl (C=O) groups excluding carboxylic acids is 3. The van der Waals surface area contributed by atoms with Gasteiger partial charge in [0.25, 0.3) is 5.91 Å². The summed E-state index contributed by atoms with van der Waals surface area (Å²) in [5.41, 5.74) is 2.68. The number of rotatable bonds is 10. The summed E-state index contributed by atoms with van der Waals surface area (Å²) < 4.78 is 13.4. The molecular formula is C29H26Cl2FN3O5. The highest BCUT2D eigenvalue weighted by molar-refractivity contribution is 6.40. The lowest BCUT2D eigenvalue weighted by atomic mass is 9.97. The zero-order valence-corrected chi connectivity index (χ0v) is 22.7. The number of urea groups is 1. The van der Waals surface area contributed by atoms with Gasteiger partial charge >= 0.3 is 12.0 Å². The summed E-state index contributed by atoms with van der Waals surface area (Å²) >= 11 is 12.6. The van der Waals surface area contributed by atoms with E-state index in [1.54, 1.807) is 6.07 Å². The van der Waals surface area contributed by atoms with Crippen LogP contribution in [0.3, 0.4) is 0 Å². The minimum atomic E-state index is -1.28. The van der Waals surface area contributed by atoms with Crippen molar-refractivity contribution in [1.29, 1.82) is 0 Å². The molecule has 40 heavy (non-hydrogen) atoms. The van der Waals surface area contributed by atoms with Crippen LogP contribution in [0, 0.1) is 11.7 Å². The van der Waals surface area contributed by atoms with Gasteiger partial charge in [-0.1, -0.05) is 59.6 Å². The molecule has 1 aliphatic rings. The van der Waals surface area contributed by atoms with Gasteiger partial charge in [0.1, 0.15) is 5.82 Å². The van der Waals surface area contributed by atoms with Crippen LogP contribution in [0.2, 0.25) is 10.0 Å². The smallest absolute Gasteiger partial charge is 0.315 e. The number of carboxylic acid groups (broad SMARTS) is 1. The first-order valence-electron chi connectivity index (χ1n) is 12.5. The molecule has 0 bridgehead atoms. The summed E-state index contributed by atoms with van der Waals surface area (Å²) in [5.74, 6) is -4.15. The van der Waals surface area contributed by atoms with Gasteiger partial charge in [0.15, 0.2) is 5.78 Å². The van der Waals surface area contributed by atoms with Crippen molar-refractivity contribution in [2.24, 2.45) is 5.92 Å². The van der Waals surface area contributed by atoms with Crippen molar-refractivity contribution in [2.75, 3.05) is 6.54 Å². The average molecular weight is 586 g/mol. The molecule has 0 aliphatic heterocycles. The fourth-order valence-corrected chi connectivity index (χ4v) is 5.30. The van der Waals surface area contributed by atoms with Crippen molar-refractivity contribution in [2.45, 2.75) is 31.8 Å². The van der Waals surface area contributed by atoms with Gasteiger partial charge in [-0.05, 0) is 53.8 Å². The number of benzene rings is 3. The Morgan fingerprint density at radius 2 is 1.70 bits per heavy atom. The number of nitrogens with one attached hydrogen (secondary N) is 3. The molecule has 2 atom stereocenters. The summed E-state index contributed by atoms with van der Waals surface area (Å²) in [5, 5.41) is 17.4. The standard InChI is InChI=1S/C29H26Cl2FN3O5/c30-22-11-18(27(37)33-14-16-4-3-6-20(32)10-16)12-23(31)26(22)25(36)13-19(28(38)39)15-34-29(40)35-24-9-8-17-5-1-2-7-21(17)24/h1-7,10-12,19,24H,8-9,13-15H2,(H,33,37)(H,38,39)(H2,34,35,40). The summed E-state index contributed by atoms with van der Waals surface area (Å²) in [6, 6.07) is 15.3. The summed E-state index contributed by atoms with van der Waals surface area (Å²) in [7, 11) is 0. The third kappa shape index (κ3) is 7.16. The van der Waals surface area contributed by atoms with Crippen molar-refractivity contribution in [3.05, 3.63) is 104 Å². The molecule has 3 aromatic rings. The molecule has 11 heteroatoms. The normalized spacial score (nSPS) is 14.6. The Balaban J connectivity index is 1.35. The number of hydrogen-bond acceptors (Lipinski definition) is 4. The lowest BCUT2D eigenvalue weighted by Crippen LogP contribution is -2.41. The van der Waals surface area contributed by atoms with Gasteiger partial charge in [-0.15, -0.1) is 0 Å². The molecule has 8 nitrogen and oxygen atoms in total. The maximum Gasteiger partial charge on any atom is 0.315 e. The maximum atomic E-state index is 13.4. The van der Waals surface area contributed by atoms with Crippen molar-refractivity contribution >= 4 is 46.9 Å².